The monoisotopic (exact) mass is 735 g/mol. The third-order valence-corrected chi connectivity index (χ3v) is 12.6. The van der Waals surface area contributed by atoms with E-state index in [0.29, 0.717) is 0 Å². The molecule has 12 rings (SSSR count). The summed E-state index contributed by atoms with van der Waals surface area (Å²) in [7, 11) is 0. The topological polar surface area (TPSA) is 3.24 Å². The van der Waals surface area contributed by atoms with Gasteiger partial charge in [0.05, 0.1) is 11.1 Å². The molecule has 0 heterocycles. The summed E-state index contributed by atoms with van der Waals surface area (Å²) in [5.74, 6) is 0. The number of para-hydroxylation sites is 1. The molecule has 10 aromatic carbocycles. The molecule has 58 heavy (non-hydrogen) atoms. The molecule has 0 bridgehead atoms. The second-order valence-corrected chi connectivity index (χ2v) is 15.6. The largest absolute Gasteiger partial charge is 0.310 e. The highest BCUT2D eigenvalue weighted by Gasteiger charge is 2.52. The Hall–Kier alpha value is -7.48. The van der Waals surface area contributed by atoms with Crippen molar-refractivity contribution in [1.29, 1.82) is 0 Å². The van der Waals surface area contributed by atoms with Crippen molar-refractivity contribution in [2.24, 2.45) is 0 Å². The average Bonchev–Trinajstić information content (AvgIpc) is 3.76. The van der Waals surface area contributed by atoms with E-state index in [0.717, 1.165) is 17.1 Å². The third kappa shape index (κ3) is 4.71. The molecule has 0 atom stereocenters. The van der Waals surface area contributed by atoms with Gasteiger partial charge in [-0.2, -0.15) is 0 Å². The molecule has 0 amide bonds. The Labute approximate surface area is 338 Å². The SMILES string of the molecule is c1ccc(-c2ccc(-c3ccccc3)c(N(c3ccccc3)c3ccc4cc5c(cc4c3)C3(c4ccccc4-c4ccccc43)c3ccc4ccccc4c3-5)c2)cc1. The summed E-state index contributed by atoms with van der Waals surface area (Å²) >= 11 is 0. The first-order valence-corrected chi connectivity index (χ1v) is 20.2. The third-order valence-electron chi connectivity index (χ3n) is 12.6. The molecule has 2 aliphatic carbocycles. The molecule has 0 aliphatic heterocycles. The molecule has 0 aromatic heterocycles. The van der Waals surface area contributed by atoms with Crippen LogP contribution < -0.4 is 4.90 Å². The summed E-state index contributed by atoms with van der Waals surface area (Å²) in [5.41, 5.74) is 18.4. The van der Waals surface area contributed by atoms with Crippen molar-refractivity contribution in [3.05, 3.63) is 247 Å². The highest BCUT2D eigenvalue weighted by atomic mass is 15.1. The van der Waals surface area contributed by atoms with Crippen LogP contribution >= 0.6 is 0 Å². The Morgan fingerprint density at radius 1 is 0.293 bits per heavy atom. The zero-order valence-electron chi connectivity index (χ0n) is 31.8. The molecule has 0 unspecified atom stereocenters. The van der Waals surface area contributed by atoms with Crippen LogP contribution in [-0.2, 0) is 5.41 Å². The lowest BCUT2D eigenvalue weighted by Gasteiger charge is -2.31. The lowest BCUT2D eigenvalue weighted by Crippen LogP contribution is -2.25. The lowest BCUT2D eigenvalue weighted by atomic mass is 9.70. The van der Waals surface area contributed by atoms with Gasteiger partial charge in [0.2, 0.25) is 0 Å². The van der Waals surface area contributed by atoms with E-state index in [9.17, 15) is 0 Å². The molecule has 270 valence electrons. The lowest BCUT2D eigenvalue weighted by molar-refractivity contribution is 0.795. The van der Waals surface area contributed by atoms with Crippen molar-refractivity contribution < 1.29 is 0 Å². The van der Waals surface area contributed by atoms with Crippen molar-refractivity contribution in [2.75, 3.05) is 4.90 Å². The van der Waals surface area contributed by atoms with Gasteiger partial charge in [-0.15, -0.1) is 0 Å². The first kappa shape index (κ1) is 32.7. The van der Waals surface area contributed by atoms with Gasteiger partial charge in [-0.1, -0.05) is 182 Å². The van der Waals surface area contributed by atoms with Crippen LogP contribution in [0.4, 0.5) is 17.1 Å². The van der Waals surface area contributed by atoms with E-state index in [2.05, 4.69) is 229 Å². The summed E-state index contributed by atoms with van der Waals surface area (Å²) in [6.07, 6.45) is 0. The van der Waals surface area contributed by atoms with Gasteiger partial charge in [-0.25, -0.2) is 0 Å². The van der Waals surface area contributed by atoms with E-state index in [1.54, 1.807) is 0 Å². The molecular weight excluding hydrogens is 699 g/mol. The summed E-state index contributed by atoms with van der Waals surface area (Å²) in [4.78, 5) is 2.44. The maximum atomic E-state index is 2.52. The van der Waals surface area contributed by atoms with Gasteiger partial charge in [-0.05, 0) is 125 Å². The second-order valence-electron chi connectivity index (χ2n) is 15.6. The number of benzene rings is 10. The minimum absolute atomic E-state index is 0.435. The molecule has 2 aliphatic rings. The quantitative estimate of drug-likeness (QED) is 0.170. The highest BCUT2D eigenvalue weighted by Crippen LogP contribution is 2.64. The van der Waals surface area contributed by atoms with E-state index in [1.807, 2.05) is 0 Å². The fraction of sp³-hybridized carbons (Fsp3) is 0.0175. The van der Waals surface area contributed by atoms with Crippen LogP contribution in [0.15, 0.2) is 224 Å². The first-order valence-electron chi connectivity index (χ1n) is 20.2. The zero-order chi connectivity index (χ0) is 38.2. The van der Waals surface area contributed by atoms with Crippen molar-refractivity contribution in [2.45, 2.75) is 5.41 Å². The zero-order valence-corrected chi connectivity index (χ0v) is 31.8. The molecule has 10 aromatic rings. The van der Waals surface area contributed by atoms with Gasteiger partial charge in [0.15, 0.2) is 0 Å². The molecule has 1 spiro atoms. The van der Waals surface area contributed by atoms with E-state index in [-0.39, 0.29) is 0 Å². The number of hydrogen-bond acceptors (Lipinski definition) is 1. The summed E-state index contributed by atoms with van der Waals surface area (Å²) in [5, 5.41) is 5.02. The van der Waals surface area contributed by atoms with Crippen LogP contribution in [0.25, 0.3) is 66.1 Å². The van der Waals surface area contributed by atoms with Crippen LogP contribution in [0, 0.1) is 0 Å². The van der Waals surface area contributed by atoms with Gasteiger partial charge < -0.3 is 4.90 Å². The Kier molecular flexibility index (Phi) is 7.21. The maximum Gasteiger partial charge on any atom is 0.0725 e. The van der Waals surface area contributed by atoms with Crippen LogP contribution in [-0.4, -0.2) is 0 Å². The van der Waals surface area contributed by atoms with Crippen LogP contribution in [0.2, 0.25) is 0 Å². The predicted molar refractivity (Wildman–Crippen MR) is 243 cm³/mol. The standard InChI is InChI=1S/C57H37N/c1-4-16-38(17-5-1)42-29-32-46(39-18-6-2-7-19-39)55(37-42)58(44-21-8-3-9-22-44)45-31-28-41-35-50-54(36-43(41)34-45)57(53-33-30-40-20-10-11-23-47(40)56(50)53)51-26-14-12-24-48(51)49-25-13-15-27-52(49)57/h1-37H. The molecule has 0 radical (unpaired) electrons. The molecule has 0 N–H and O–H groups in total. The second kappa shape index (κ2) is 12.8. The van der Waals surface area contributed by atoms with Crippen LogP contribution in [0.3, 0.4) is 0 Å². The molecule has 1 nitrogen and oxygen atoms in total. The molecule has 1 heteroatoms. The van der Waals surface area contributed by atoms with Crippen molar-refractivity contribution in [3.63, 3.8) is 0 Å². The highest BCUT2D eigenvalue weighted by molar-refractivity contribution is 6.09. The van der Waals surface area contributed by atoms with Gasteiger partial charge in [0.25, 0.3) is 0 Å². The van der Waals surface area contributed by atoms with Gasteiger partial charge in [0, 0.05) is 16.9 Å². The van der Waals surface area contributed by atoms with Gasteiger partial charge in [-0.3, -0.25) is 0 Å². The number of nitrogens with zero attached hydrogens (tertiary/aromatic N) is 1. The van der Waals surface area contributed by atoms with Crippen molar-refractivity contribution >= 4 is 38.6 Å². The molecule has 0 saturated heterocycles. The van der Waals surface area contributed by atoms with E-state index in [1.165, 1.54) is 88.3 Å². The van der Waals surface area contributed by atoms with E-state index in [4.69, 9.17) is 0 Å². The minimum Gasteiger partial charge on any atom is -0.310 e. The van der Waals surface area contributed by atoms with Gasteiger partial charge in [0.1, 0.15) is 0 Å². The molecular formula is C57H37N. The number of hydrogen-bond donors (Lipinski definition) is 0. The van der Waals surface area contributed by atoms with E-state index < -0.39 is 5.41 Å². The predicted octanol–water partition coefficient (Wildman–Crippen LogP) is 15.1. The van der Waals surface area contributed by atoms with E-state index >= 15 is 0 Å². The summed E-state index contributed by atoms with van der Waals surface area (Å²) in [6, 6.07) is 83.0. The number of fused-ring (bicyclic) bond motifs is 13. The smallest absolute Gasteiger partial charge is 0.0725 e. The van der Waals surface area contributed by atoms with Gasteiger partial charge >= 0.3 is 0 Å². The fourth-order valence-electron chi connectivity index (χ4n) is 10.2. The molecule has 0 saturated carbocycles. The molecule has 0 fully saturated rings. The number of anilines is 3. The summed E-state index contributed by atoms with van der Waals surface area (Å²) < 4.78 is 0. The van der Waals surface area contributed by atoms with Crippen LogP contribution in [0.1, 0.15) is 22.3 Å². The average molecular weight is 736 g/mol. The normalized spacial score (nSPS) is 13.0. The van der Waals surface area contributed by atoms with Crippen molar-refractivity contribution in [1.82, 2.24) is 0 Å². The first-order chi connectivity index (χ1) is 28.8. The Morgan fingerprint density at radius 2 is 0.914 bits per heavy atom. The minimum atomic E-state index is -0.435. The number of rotatable bonds is 5. The Morgan fingerprint density at radius 3 is 1.66 bits per heavy atom. The Bertz CT molecular complexity index is 3170. The maximum absolute atomic E-state index is 2.52. The Balaban J connectivity index is 1.14. The van der Waals surface area contributed by atoms with Crippen LogP contribution in [0.5, 0.6) is 0 Å². The van der Waals surface area contributed by atoms with Crippen molar-refractivity contribution in [3.8, 4) is 44.5 Å². The summed E-state index contributed by atoms with van der Waals surface area (Å²) in [6.45, 7) is 0. The fourth-order valence-corrected chi connectivity index (χ4v) is 10.2.